The van der Waals surface area contributed by atoms with Crippen LogP contribution in [0, 0.1) is 23.7 Å². The summed E-state index contributed by atoms with van der Waals surface area (Å²) in [6.07, 6.45) is 6.74. The van der Waals surface area contributed by atoms with Gasteiger partial charge in [-0.2, -0.15) is 0 Å². The Morgan fingerprint density at radius 3 is 2.14 bits per heavy atom. The van der Waals surface area contributed by atoms with Gasteiger partial charge in [-0.05, 0) is 56.3 Å². The van der Waals surface area contributed by atoms with Crippen molar-refractivity contribution in [2.24, 2.45) is 23.7 Å². The van der Waals surface area contributed by atoms with Gasteiger partial charge in [0.25, 0.3) is 0 Å². The van der Waals surface area contributed by atoms with E-state index in [2.05, 4.69) is 5.32 Å². The Kier molecular flexibility index (Phi) is 4.33. The molecular weight excluding hydrogens is 282 g/mol. The molecule has 0 saturated heterocycles. The molecule has 0 atom stereocenters. The largest absolute Gasteiger partial charge is 0.464 e. The van der Waals surface area contributed by atoms with Gasteiger partial charge in [0.2, 0.25) is 0 Å². The summed E-state index contributed by atoms with van der Waals surface area (Å²) >= 11 is 0. The highest BCUT2D eigenvalue weighted by molar-refractivity contribution is 5.71. The molecule has 1 N–H and O–H groups in total. The van der Waals surface area contributed by atoms with E-state index in [4.69, 9.17) is 9.47 Å². The second kappa shape index (κ2) is 6.09. The molecule has 4 aliphatic carbocycles. The fourth-order valence-electron chi connectivity index (χ4n) is 4.86. The number of carbonyl (C=O) groups is 2. The van der Waals surface area contributed by atoms with Crippen molar-refractivity contribution in [1.82, 2.24) is 5.32 Å². The van der Waals surface area contributed by atoms with E-state index >= 15 is 0 Å². The third-order valence-corrected chi connectivity index (χ3v) is 5.38. The summed E-state index contributed by atoms with van der Waals surface area (Å²) in [5, 5.41) is 2.71. The first-order valence-electron chi connectivity index (χ1n) is 8.59. The molecule has 1 amide bonds. The van der Waals surface area contributed by atoms with Crippen molar-refractivity contribution < 1.29 is 19.1 Å². The smallest absolute Gasteiger partial charge is 0.407 e. The summed E-state index contributed by atoms with van der Waals surface area (Å²) in [6, 6.07) is 0. The fraction of sp³-hybridized carbons (Fsp3) is 0.882. The Morgan fingerprint density at radius 2 is 1.64 bits per heavy atom. The monoisotopic (exact) mass is 309 g/mol. The lowest BCUT2D eigenvalue weighted by Crippen LogP contribution is -2.53. The highest BCUT2D eigenvalue weighted by Gasteiger charge is 2.53. The molecule has 0 aromatic carbocycles. The number of amides is 1. The topological polar surface area (TPSA) is 64.6 Å². The molecule has 4 rings (SSSR count). The molecule has 4 aliphatic rings. The number of ether oxygens (including phenoxy) is 2. The van der Waals surface area contributed by atoms with Crippen LogP contribution in [-0.2, 0) is 14.3 Å². The van der Waals surface area contributed by atoms with Crippen molar-refractivity contribution >= 4 is 12.1 Å². The highest BCUT2D eigenvalue weighted by Crippen LogP contribution is 2.57. The van der Waals surface area contributed by atoms with Gasteiger partial charge in [-0.15, -0.1) is 0 Å². The molecule has 0 spiro atoms. The van der Waals surface area contributed by atoms with Gasteiger partial charge in [0.15, 0.2) is 0 Å². The summed E-state index contributed by atoms with van der Waals surface area (Å²) < 4.78 is 10.9. The van der Waals surface area contributed by atoms with Crippen molar-refractivity contribution in [2.45, 2.75) is 58.0 Å². The van der Waals surface area contributed by atoms with E-state index in [1.54, 1.807) is 13.8 Å². The second-order valence-electron chi connectivity index (χ2n) is 7.74. The van der Waals surface area contributed by atoms with Crippen LogP contribution < -0.4 is 5.32 Å². The lowest BCUT2D eigenvalue weighted by atomic mass is 9.54. The second-order valence-corrected chi connectivity index (χ2v) is 7.74. The highest BCUT2D eigenvalue weighted by atomic mass is 16.6. The molecule has 0 radical (unpaired) electrons. The van der Waals surface area contributed by atoms with E-state index in [1.807, 2.05) is 0 Å². The quantitative estimate of drug-likeness (QED) is 0.626. The number of nitrogens with one attached hydrogen (secondary N) is 1. The number of alkyl carbamates (subject to hydrolysis) is 1. The minimum absolute atomic E-state index is 0.140. The lowest BCUT2D eigenvalue weighted by molar-refractivity contribution is -0.147. The van der Waals surface area contributed by atoms with E-state index < -0.39 is 0 Å². The molecule has 0 unspecified atom stereocenters. The van der Waals surface area contributed by atoms with Crippen molar-refractivity contribution in [3.63, 3.8) is 0 Å². The maximum absolute atomic E-state index is 12.0. The van der Waals surface area contributed by atoms with E-state index in [0.717, 1.165) is 37.0 Å². The first-order chi connectivity index (χ1) is 10.5. The maximum atomic E-state index is 12.0. The third-order valence-electron chi connectivity index (χ3n) is 5.38. The van der Waals surface area contributed by atoms with Crippen molar-refractivity contribution in [1.29, 1.82) is 0 Å². The summed E-state index contributed by atoms with van der Waals surface area (Å²) in [5.74, 6) is 1.89. The Hall–Kier alpha value is -1.26. The van der Waals surface area contributed by atoms with Crippen LogP contribution in [0.3, 0.4) is 0 Å². The SMILES string of the molecule is CC(C)C(=O)OCCNC(=O)OC12CC3CC(CC(C3)C1)C2. The molecule has 4 fully saturated rings. The molecule has 0 heterocycles. The predicted molar refractivity (Wildman–Crippen MR) is 81.2 cm³/mol. The van der Waals surface area contributed by atoms with Crippen LogP contribution >= 0.6 is 0 Å². The van der Waals surface area contributed by atoms with Crippen molar-refractivity contribution in [3.8, 4) is 0 Å². The summed E-state index contributed by atoms with van der Waals surface area (Å²) in [5.41, 5.74) is -0.215. The summed E-state index contributed by atoms with van der Waals surface area (Å²) in [4.78, 5) is 23.4. The van der Waals surface area contributed by atoms with Gasteiger partial charge in [0.05, 0.1) is 12.5 Å². The van der Waals surface area contributed by atoms with Crippen LogP contribution in [0.5, 0.6) is 0 Å². The summed E-state index contributed by atoms with van der Waals surface area (Å²) in [6.45, 7) is 4.09. The molecule has 0 aromatic heterocycles. The van der Waals surface area contributed by atoms with E-state index in [-0.39, 0.29) is 30.2 Å². The molecule has 0 aromatic rings. The van der Waals surface area contributed by atoms with Crippen molar-refractivity contribution in [2.75, 3.05) is 13.2 Å². The normalized spacial score (nSPS) is 35.5. The molecule has 22 heavy (non-hydrogen) atoms. The Balaban J connectivity index is 1.41. The lowest BCUT2D eigenvalue weighted by Gasteiger charge is -2.55. The minimum Gasteiger partial charge on any atom is -0.464 e. The van der Waals surface area contributed by atoms with Crippen LogP contribution in [0.2, 0.25) is 0 Å². The van der Waals surface area contributed by atoms with Crippen LogP contribution in [0.4, 0.5) is 4.79 Å². The van der Waals surface area contributed by atoms with Crippen molar-refractivity contribution in [3.05, 3.63) is 0 Å². The van der Waals surface area contributed by atoms with Gasteiger partial charge in [0, 0.05) is 0 Å². The Morgan fingerprint density at radius 1 is 1.09 bits per heavy atom. The standard InChI is InChI=1S/C17H27NO4/c1-11(2)15(19)21-4-3-18-16(20)22-17-8-12-5-13(9-17)7-14(6-12)10-17/h11-14H,3-10H2,1-2H3,(H,18,20). The number of rotatable bonds is 5. The first-order valence-corrected chi connectivity index (χ1v) is 8.59. The zero-order valence-electron chi connectivity index (χ0n) is 13.6. The van der Waals surface area contributed by atoms with Crippen LogP contribution in [0.1, 0.15) is 52.4 Å². The van der Waals surface area contributed by atoms with Gasteiger partial charge in [0.1, 0.15) is 12.2 Å². The minimum atomic E-state index is -0.359. The molecule has 5 heteroatoms. The predicted octanol–water partition coefficient (Wildman–Crippen LogP) is 2.88. The molecule has 5 nitrogen and oxygen atoms in total. The number of esters is 1. The fourth-order valence-corrected chi connectivity index (χ4v) is 4.86. The van der Waals surface area contributed by atoms with Gasteiger partial charge < -0.3 is 14.8 Å². The average Bonchev–Trinajstić information content (AvgIpc) is 2.41. The zero-order chi connectivity index (χ0) is 15.7. The number of carbonyl (C=O) groups excluding carboxylic acids is 2. The van der Waals surface area contributed by atoms with Gasteiger partial charge in [-0.3, -0.25) is 4.79 Å². The maximum Gasteiger partial charge on any atom is 0.407 e. The van der Waals surface area contributed by atoms with Crippen LogP contribution in [0.15, 0.2) is 0 Å². The number of hydrogen-bond donors (Lipinski definition) is 1. The van der Waals surface area contributed by atoms with Gasteiger partial charge in [-0.25, -0.2) is 4.79 Å². The Bertz CT molecular complexity index is 411. The van der Waals surface area contributed by atoms with E-state index in [9.17, 15) is 9.59 Å². The molecule has 4 bridgehead atoms. The van der Waals surface area contributed by atoms with E-state index in [1.165, 1.54) is 19.3 Å². The summed E-state index contributed by atoms with van der Waals surface area (Å²) in [7, 11) is 0. The van der Waals surface area contributed by atoms with Gasteiger partial charge >= 0.3 is 12.1 Å². The molecular formula is C17H27NO4. The zero-order valence-corrected chi connectivity index (χ0v) is 13.6. The molecule has 124 valence electrons. The van der Waals surface area contributed by atoms with Crippen LogP contribution in [0.25, 0.3) is 0 Å². The van der Waals surface area contributed by atoms with Gasteiger partial charge in [-0.1, -0.05) is 13.8 Å². The average molecular weight is 309 g/mol. The van der Waals surface area contributed by atoms with Crippen LogP contribution in [-0.4, -0.2) is 30.8 Å². The molecule has 4 saturated carbocycles. The molecule has 0 aliphatic heterocycles. The first kappa shape index (κ1) is 15.6. The van der Waals surface area contributed by atoms with E-state index in [0.29, 0.717) is 6.54 Å². The third kappa shape index (κ3) is 3.39. The Labute approximate surface area is 132 Å². The number of hydrogen-bond acceptors (Lipinski definition) is 4.